The molecule has 0 saturated carbocycles. The van der Waals surface area contributed by atoms with Crippen molar-refractivity contribution >= 4 is 0 Å². The largest absolute Gasteiger partial charge is 0.305 e. The van der Waals surface area contributed by atoms with Gasteiger partial charge in [-0.2, -0.15) is 10.6 Å². The zero-order chi connectivity index (χ0) is 10.7. The van der Waals surface area contributed by atoms with Crippen LogP contribution in [0.25, 0.3) is 0 Å². The van der Waals surface area contributed by atoms with E-state index >= 15 is 0 Å². The van der Waals surface area contributed by atoms with Gasteiger partial charge in [-0.1, -0.05) is 0 Å². The van der Waals surface area contributed by atoms with E-state index < -0.39 is 0 Å². The molecule has 1 heterocycles. The monoisotopic (exact) mass is 197 g/mol. The molecule has 14 heavy (non-hydrogen) atoms. The summed E-state index contributed by atoms with van der Waals surface area (Å²) < 4.78 is 2.01. The van der Waals surface area contributed by atoms with Crippen LogP contribution in [0.4, 0.5) is 0 Å². The Morgan fingerprint density at radius 3 is 2.57 bits per heavy atom. The Morgan fingerprint density at radius 1 is 1.50 bits per heavy atom. The van der Waals surface area contributed by atoms with Crippen molar-refractivity contribution in [3.63, 3.8) is 0 Å². The number of nitrogens with one attached hydrogen (secondary N) is 1. The molecule has 1 unspecified atom stereocenters. The van der Waals surface area contributed by atoms with Gasteiger partial charge in [-0.25, -0.2) is 0 Å². The molecule has 0 bridgehead atoms. The third-order valence-corrected chi connectivity index (χ3v) is 2.46. The molecule has 0 aromatic carbocycles. The van der Waals surface area contributed by atoms with Gasteiger partial charge in [0.15, 0.2) is 0 Å². The van der Waals surface area contributed by atoms with E-state index in [1.54, 1.807) is 7.11 Å². The van der Waals surface area contributed by atoms with Crippen molar-refractivity contribution < 1.29 is 4.84 Å². The Morgan fingerprint density at radius 2 is 2.14 bits per heavy atom. The van der Waals surface area contributed by atoms with Crippen molar-refractivity contribution in [2.45, 2.75) is 40.3 Å². The molecular weight excluding hydrogens is 178 g/mol. The second-order valence-corrected chi connectivity index (χ2v) is 3.44. The van der Waals surface area contributed by atoms with Crippen LogP contribution in [0.15, 0.2) is 0 Å². The fraction of sp³-hybridized carbons (Fsp3) is 0.700. The summed E-state index contributed by atoms with van der Waals surface area (Å²) in [6.07, 6.45) is 0. The van der Waals surface area contributed by atoms with Crippen LogP contribution in [0.2, 0.25) is 0 Å². The highest BCUT2D eigenvalue weighted by Crippen LogP contribution is 2.20. The lowest BCUT2D eigenvalue weighted by molar-refractivity contribution is 0.0655. The fourth-order valence-electron chi connectivity index (χ4n) is 1.88. The van der Waals surface area contributed by atoms with Gasteiger partial charge >= 0.3 is 0 Å². The summed E-state index contributed by atoms with van der Waals surface area (Å²) in [7, 11) is 1.63. The second kappa shape index (κ2) is 4.57. The summed E-state index contributed by atoms with van der Waals surface area (Å²) in [6.45, 7) is 9.19. The van der Waals surface area contributed by atoms with Crippen molar-refractivity contribution in [2.75, 3.05) is 7.11 Å². The van der Waals surface area contributed by atoms with Crippen LogP contribution >= 0.6 is 0 Å². The molecule has 0 spiro atoms. The molecule has 1 aromatic rings. The zero-order valence-electron chi connectivity index (χ0n) is 9.59. The molecule has 1 rings (SSSR count). The third-order valence-electron chi connectivity index (χ3n) is 2.46. The van der Waals surface area contributed by atoms with E-state index in [4.69, 9.17) is 4.84 Å². The predicted molar refractivity (Wildman–Crippen MR) is 55.9 cm³/mol. The Kier molecular flexibility index (Phi) is 3.66. The lowest BCUT2D eigenvalue weighted by Gasteiger charge is -2.12. The molecule has 0 radical (unpaired) electrons. The van der Waals surface area contributed by atoms with E-state index in [1.165, 1.54) is 11.3 Å². The van der Waals surface area contributed by atoms with Gasteiger partial charge in [0.05, 0.1) is 18.8 Å². The molecule has 0 saturated heterocycles. The van der Waals surface area contributed by atoms with Gasteiger partial charge < -0.3 is 4.84 Å². The zero-order valence-corrected chi connectivity index (χ0v) is 9.59. The minimum absolute atomic E-state index is 0.181. The van der Waals surface area contributed by atoms with Crippen molar-refractivity contribution in [3.05, 3.63) is 17.0 Å². The molecule has 1 aromatic heterocycles. The van der Waals surface area contributed by atoms with E-state index in [1.807, 2.05) is 11.6 Å². The van der Waals surface area contributed by atoms with Gasteiger partial charge in [0.25, 0.3) is 0 Å². The van der Waals surface area contributed by atoms with Gasteiger partial charge in [-0.05, 0) is 27.7 Å². The summed E-state index contributed by atoms with van der Waals surface area (Å²) in [6, 6.07) is 0.181. The van der Waals surface area contributed by atoms with Crippen LogP contribution < -0.4 is 5.48 Å². The van der Waals surface area contributed by atoms with Gasteiger partial charge in [-0.15, -0.1) is 0 Å². The summed E-state index contributed by atoms with van der Waals surface area (Å²) >= 11 is 0. The van der Waals surface area contributed by atoms with E-state index in [-0.39, 0.29) is 6.04 Å². The Bertz CT molecular complexity index is 307. The Hall–Kier alpha value is -0.870. The molecule has 0 aliphatic carbocycles. The number of hydrogen-bond donors (Lipinski definition) is 1. The molecule has 1 atom stereocenters. The highest BCUT2D eigenvalue weighted by Gasteiger charge is 2.16. The average Bonchev–Trinajstić information content (AvgIpc) is 2.41. The van der Waals surface area contributed by atoms with Crippen molar-refractivity contribution in [1.82, 2.24) is 15.3 Å². The van der Waals surface area contributed by atoms with Gasteiger partial charge in [-0.3, -0.25) is 4.68 Å². The molecule has 0 aliphatic heterocycles. The van der Waals surface area contributed by atoms with E-state index in [0.717, 1.165) is 12.2 Å². The van der Waals surface area contributed by atoms with Crippen molar-refractivity contribution in [1.29, 1.82) is 0 Å². The minimum Gasteiger partial charge on any atom is -0.305 e. The first-order valence-electron chi connectivity index (χ1n) is 4.94. The minimum atomic E-state index is 0.181. The highest BCUT2D eigenvalue weighted by molar-refractivity contribution is 5.27. The molecular formula is C10H19N3O. The first-order chi connectivity index (χ1) is 6.61. The summed E-state index contributed by atoms with van der Waals surface area (Å²) in [5, 5.41) is 4.45. The van der Waals surface area contributed by atoms with Crippen LogP contribution in [-0.4, -0.2) is 16.9 Å². The van der Waals surface area contributed by atoms with Gasteiger partial charge in [0.2, 0.25) is 0 Å². The normalized spacial score (nSPS) is 13.2. The van der Waals surface area contributed by atoms with E-state index in [2.05, 4.69) is 31.3 Å². The Labute approximate surface area is 85.2 Å². The molecule has 0 aliphatic rings. The molecule has 1 N–H and O–H groups in total. The van der Waals surface area contributed by atoms with E-state index in [0.29, 0.717) is 0 Å². The number of hydrogen-bond acceptors (Lipinski definition) is 3. The van der Waals surface area contributed by atoms with Crippen molar-refractivity contribution in [3.8, 4) is 0 Å². The summed E-state index contributed by atoms with van der Waals surface area (Å²) in [5.41, 5.74) is 6.44. The average molecular weight is 197 g/mol. The van der Waals surface area contributed by atoms with Crippen LogP contribution in [0, 0.1) is 13.8 Å². The lowest BCUT2D eigenvalue weighted by Crippen LogP contribution is -2.18. The Balaban J connectivity index is 3.01. The summed E-state index contributed by atoms with van der Waals surface area (Å²) in [5.74, 6) is 0. The van der Waals surface area contributed by atoms with Crippen molar-refractivity contribution in [2.24, 2.45) is 0 Å². The predicted octanol–water partition coefficient (Wildman–Crippen LogP) is 1.73. The maximum atomic E-state index is 4.92. The highest BCUT2D eigenvalue weighted by atomic mass is 16.6. The maximum absolute atomic E-state index is 4.92. The van der Waals surface area contributed by atoms with Gasteiger partial charge in [0, 0.05) is 17.8 Å². The van der Waals surface area contributed by atoms with Gasteiger partial charge in [0.1, 0.15) is 0 Å². The number of nitrogens with zero attached hydrogens (tertiary/aromatic N) is 2. The molecule has 0 fully saturated rings. The standard InChI is InChI=1S/C10H19N3O/c1-6-13-9(4)10(7(2)11-13)8(3)12-14-5/h8,12H,6H2,1-5H3. The molecule has 80 valence electrons. The fourth-order valence-corrected chi connectivity index (χ4v) is 1.88. The molecule has 4 nitrogen and oxygen atoms in total. The third kappa shape index (κ3) is 1.96. The smallest absolute Gasteiger partial charge is 0.0645 e. The van der Waals surface area contributed by atoms with Crippen LogP contribution in [-0.2, 0) is 11.4 Å². The summed E-state index contributed by atoms with van der Waals surface area (Å²) in [4.78, 5) is 4.92. The van der Waals surface area contributed by atoms with Crippen LogP contribution in [0.3, 0.4) is 0 Å². The topological polar surface area (TPSA) is 39.1 Å². The maximum Gasteiger partial charge on any atom is 0.0645 e. The molecule has 0 amide bonds. The number of hydroxylamine groups is 1. The number of aromatic nitrogens is 2. The van der Waals surface area contributed by atoms with E-state index in [9.17, 15) is 0 Å². The van der Waals surface area contributed by atoms with Crippen LogP contribution in [0.1, 0.15) is 36.8 Å². The SMILES string of the molecule is CCn1nc(C)c(C(C)NOC)c1C. The second-order valence-electron chi connectivity index (χ2n) is 3.44. The first-order valence-corrected chi connectivity index (χ1v) is 4.94. The molecule has 4 heteroatoms. The number of aryl methyl sites for hydroxylation is 2. The first kappa shape index (κ1) is 11.2. The number of rotatable bonds is 4. The van der Waals surface area contributed by atoms with Crippen LogP contribution in [0.5, 0.6) is 0 Å². The quantitative estimate of drug-likeness (QED) is 0.747. The lowest BCUT2D eigenvalue weighted by atomic mass is 10.1.